The van der Waals surface area contributed by atoms with Crippen LogP contribution in [-0.2, 0) is 4.74 Å². The van der Waals surface area contributed by atoms with E-state index in [0.29, 0.717) is 0 Å². The minimum atomic E-state index is -0.0325. The Hall–Kier alpha value is -2.45. The van der Waals surface area contributed by atoms with Crippen molar-refractivity contribution in [2.24, 2.45) is 0 Å². The van der Waals surface area contributed by atoms with Crippen LogP contribution >= 0.6 is 23.8 Å². The van der Waals surface area contributed by atoms with Crippen LogP contribution in [0.3, 0.4) is 0 Å². The lowest BCUT2D eigenvalue weighted by atomic mass is 10.0. The molecular formula is C25H28ClN5OS. The summed E-state index contributed by atoms with van der Waals surface area (Å²) < 4.78 is 7.69. The minimum Gasteiger partial charge on any atom is -0.379 e. The van der Waals surface area contributed by atoms with Crippen molar-refractivity contribution in [2.45, 2.75) is 18.5 Å². The van der Waals surface area contributed by atoms with Gasteiger partial charge in [0.1, 0.15) is 0 Å². The Balaban J connectivity index is 1.45. The van der Waals surface area contributed by atoms with Crippen molar-refractivity contribution >= 4 is 28.9 Å². The van der Waals surface area contributed by atoms with Crippen LogP contribution in [0, 0.1) is 0 Å². The van der Waals surface area contributed by atoms with Gasteiger partial charge in [0.05, 0.1) is 31.0 Å². The zero-order valence-electron chi connectivity index (χ0n) is 18.4. The molecule has 2 aliphatic heterocycles. The fourth-order valence-corrected chi connectivity index (χ4v) is 5.27. The van der Waals surface area contributed by atoms with Gasteiger partial charge in [-0.25, -0.2) is 0 Å². The quantitative estimate of drug-likeness (QED) is 0.510. The van der Waals surface area contributed by atoms with Crippen molar-refractivity contribution in [1.82, 2.24) is 24.7 Å². The summed E-state index contributed by atoms with van der Waals surface area (Å²) in [6, 6.07) is 18.2. The van der Waals surface area contributed by atoms with Crippen molar-refractivity contribution in [3.05, 3.63) is 83.4 Å². The molecule has 2 saturated heterocycles. The first-order chi connectivity index (χ1) is 16.2. The van der Waals surface area contributed by atoms with Gasteiger partial charge >= 0.3 is 0 Å². The monoisotopic (exact) mass is 481 g/mol. The third kappa shape index (κ3) is 4.92. The van der Waals surface area contributed by atoms with E-state index in [4.69, 9.17) is 28.6 Å². The van der Waals surface area contributed by atoms with E-state index in [2.05, 4.69) is 55.1 Å². The van der Waals surface area contributed by atoms with Gasteiger partial charge in [-0.15, -0.1) is 0 Å². The van der Waals surface area contributed by atoms with E-state index in [1.165, 1.54) is 0 Å². The number of hydrogen-bond donors (Lipinski definition) is 1. The average molecular weight is 482 g/mol. The average Bonchev–Trinajstić information content (AvgIpc) is 3.45. The van der Waals surface area contributed by atoms with Gasteiger partial charge < -0.3 is 19.5 Å². The first-order valence-corrected chi connectivity index (χ1v) is 12.2. The second kappa shape index (κ2) is 10.2. The summed E-state index contributed by atoms with van der Waals surface area (Å²) in [7, 11) is 0. The number of pyridine rings is 1. The summed E-state index contributed by atoms with van der Waals surface area (Å²) in [5.74, 6) is 0. The fraction of sp³-hybridized carbons (Fsp3) is 0.360. The molecule has 2 aromatic heterocycles. The molecule has 172 valence electrons. The lowest BCUT2D eigenvalue weighted by Crippen LogP contribution is -2.39. The molecule has 0 amide bonds. The van der Waals surface area contributed by atoms with Gasteiger partial charge in [0, 0.05) is 55.0 Å². The zero-order valence-corrected chi connectivity index (χ0v) is 20.0. The molecule has 5 rings (SSSR count). The predicted octanol–water partition coefficient (Wildman–Crippen LogP) is 4.22. The second-order valence-corrected chi connectivity index (χ2v) is 9.23. The second-order valence-electron chi connectivity index (χ2n) is 8.41. The fourth-order valence-electron chi connectivity index (χ4n) is 4.75. The molecule has 6 nitrogen and oxygen atoms in total. The highest BCUT2D eigenvalue weighted by Gasteiger charge is 2.41. The molecule has 8 heteroatoms. The Kier molecular flexibility index (Phi) is 6.92. The SMILES string of the molecule is S=C1NC(c2ccccn2)C(c2cccn2-c2cccc(Cl)c2)N1CCCN1CCOCC1. The van der Waals surface area contributed by atoms with E-state index in [9.17, 15) is 0 Å². The summed E-state index contributed by atoms with van der Waals surface area (Å²) in [4.78, 5) is 9.45. The van der Waals surface area contributed by atoms with Gasteiger partial charge in [-0.05, 0) is 61.1 Å². The maximum atomic E-state index is 6.31. The van der Waals surface area contributed by atoms with Crippen LogP contribution in [-0.4, -0.2) is 63.9 Å². The number of nitrogens with one attached hydrogen (secondary N) is 1. The van der Waals surface area contributed by atoms with Crippen LogP contribution in [0.15, 0.2) is 67.0 Å². The molecule has 0 radical (unpaired) electrons. The highest BCUT2D eigenvalue weighted by Crippen LogP contribution is 2.39. The Morgan fingerprint density at radius 1 is 1.06 bits per heavy atom. The van der Waals surface area contributed by atoms with Gasteiger partial charge in [-0.2, -0.15) is 0 Å². The normalized spacial score (nSPS) is 21.4. The molecule has 2 aliphatic rings. The standard InChI is InChI=1S/C25H28ClN5OS/c26-19-6-3-7-20(18-19)30-12-4-9-22(30)24-23(21-8-1-2-10-27-21)28-25(33)31(24)13-5-11-29-14-16-32-17-15-29/h1-4,6-10,12,18,23-24H,5,11,13-17H2,(H,28,33). The van der Waals surface area contributed by atoms with Crippen LogP contribution in [0.2, 0.25) is 5.02 Å². The molecule has 33 heavy (non-hydrogen) atoms. The summed E-state index contributed by atoms with van der Waals surface area (Å²) in [6.45, 7) is 5.56. The molecule has 2 atom stereocenters. The van der Waals surface area contributed by atoms with Gasteiger partial charge in [0.2, 0.25) is 0 Å². The highest BCUT2D eigenvalue weighted by molar-refractivity contribution is 7.80. The molecule has 0 bridgehead atoms. The van der Waals surface area contributed by atoms with Crippen molar-refractivity contribution < 1.29 is 4.74 Å². The predicted molar refractivity (Wildman–Crippen MR) is 135 cm³/mol. The summed E-state index contributed by atoms with van der Waals surface area (Å²) >= 11 is 12.2. The van der Waals surface area contributed by atoms with Crippen LogP contribution < -0.4 is 5.32 Å². The molecule has 0 saturated carbocycles. The van der Waals surface area contributed by atoms with E-state index >= 15 is 0 Å². The number of rotatable bonds is 7. The largest absolute Gasteiger partial charge is 0.379 e. The molecule has 1 aromatic carbocycles. The van der Waals surface area contributed by atoms with Crippen molar-refractivity contribution in [2.75, 3.05) is 39.4 Å². The maximum absolute atomic E-state index is 6.31. The third-order valence-corrected chi connectivity index (χ3v) is 6.93. The zero-order chi connectivity index (χ0) is 22.6. The molecule has 2 fully saturated rings. The van der Waals surface area contributed by atoms with E-state index in [1.54, 1.807) is 0 Å². The molecule has 1 N–H and O–H groups in total. The molecule has 0 spiro atoms. The number of benzene rings is 1. The van der Waals surface area contributed by atoms with Gasteiger partial charge in [0.25, 0.3) is 0 Å². The van der Waals surface area contributed by atoms with E-state index in [1.807, 2.05) is 36.5 Å². The molecular weight excluding hydrogens is 454 g/mol. The number of hydrogen-bond acceptors (Lipinski definition) is 4. The number of nitrogens with zero attached hydrogens (tertiary/aromatic N) is 4. The maximum Gasteiger partial charge on any atom is 0.170 e. The lowest BCUT2D eigenvalue weighted by Gasteiger charge is -2.31. The number of halogens is 1. The van der Waals surface area contributed by atoms with E-state index < -0.39 is 0 Å². The number of morpholine rings is 1. The number of aromatic nitrogens is 2. The summed E-state index contributed by atoms with van der Waals surface area (Å²) in [6.07, 6.45) is 4.96. The van der Waals surface area contributed by atoms with Gasteiger partial charge in [-0.3, -0.25) is 9.88 Å². The van der Waals surface area contributed by atoms with Crippen molar-refractivity contribution in [3.8, 4) is 5.69 Å². The summed E-state index contributed by atoms with van der Waals surface area (Å²) in [5, 5.41) is 5.05. The Morgan fingerprint density at radius 2 is 1.94 bits per heavy atom. The minimum absolute atomic E-state index is 0.0195. The topological polar surface area (TPSA) is 45.6 Å². The van der Waals surface area contributed by atoms with Gasteiger partial charge in [0.15, 0.2) is 5.11 Å². The molecule has 3 aromatic rings. The van der Waals surface area contributed by atoms with Gasteiger partial charge in [-0.1, -0.05) is 23.7 Å². The van der Waals surface area contributed by atoms with Crippen molar-refractivity contribution in [3.63, 3.8) is 0 Å². The smallest absolute Gasteiger partial charge is 0.170 e. The van der Waals surface area contributed by atoms with E-state index in [-0.39, 0.29) is 12.1 Å². The Morgan fingerprint density at radius 3 is 2.73 bits per heavy atom. The first kappa shape index (κ1) is 22.3. The van der Waals surface area contributed by atoms with Crippen LogP contribution in [0.25, 0.3) is 5.69 Å². The van der Waals surface area contributed by atoms with E-state index in [0.717, 1.165) is 73.0 Å². The molecule has 0 aliphatic carbocycles. The van der Waals surface area contributed by atoms with Crippen molar-refractivity contribution in [1.29, 1.82) is 0 Å². The van der Waals surface area contributed by atoms with Crippen LogP contribution in [0.5, 0.6) is 0 Å². The first-order valence-electron chi connectivity index (χ1n) is 11.4. The summed E-state index contributed by atoms with van der Waals surface area (Å²) in [5.41, 5.74) is 3.18. The van der Waals surface area contributed by atoms with Crippen LogP contribution in [0.1, 0.15) is 29.9 Å². The Bertz CT molecular complexity index is 1090. The highest BCUT2D eigenvalue weighted by atomic mass is 35.5. The van der Waals surface area contributed by atoms with Crippen LogP contribution in [0.4, 0.5) is 0 Å². The third-order valence-electron chi connectivity index (χ3n) is 6.34. The number of ether oxygens (including phenoxy) is 1. The number of thiocarbonyl (C=S) groups is 1. The lowest BCUT2D eigenvalue weighted by molar-refractivity contribution is 0.0365. The molecule has 4 heterocycles. The Labute approximate surface area is 205 Å². The molecule has 2 unspecified atom stereocenters.